The number of alkyl halides is 3. The maximum atomic E-state index is 14.1. The second-order valence-corrected chi connectivity index (χ2v) is 8.89. The van der Waals surface area contributed by atoms with E-state index in [-0.39, 0.29) is 38.7 Å². The van der Waals surface area contributed by atoms with Gasteiger partial charge in [0.15, 0.2) is 5.56 Å². The minimum absolute atomic E-state index is 0.00942. The number of hydrogen-bond acceptors (Lipinski definition) is 4. The first-order chi connectivity index (χ1) is 14.1. The molecule has 2 heterocycles. The minimum Gasteiger partial charge on any atom is -0.355 e. The molecule has 1 aliphatic heterocycles. The van der Waals surface area contributed by atoms with Crippen LogP contribution in [0.1, 0.15) is 30.7 Å². The summed E-state index contributed by atoms with van der Waals surface area (Å²) in [5, 5.41) is 0.125. The fourth-order valence-corrected chi connectivity index (χ4v) is 5.33. The Morgan fingerprint density at radius 1 is 1.33 bits per heavy atom. The first-order valence-electron chi connectivity index (χ1n) is 9.69. The van der Waals surface area contributed by atoms with Gasteiger partial charge in [-0.2, -0.15) is 13.2 Å². The Bertz CT molecular complexity index is 1060. The molecule has 2 atom stereocenters. The van der Waals surface area contributed by atoms with E-state index in [2.05, 4.69) is 4.98 Å². The number of nitrogens with zero attached hydrogens (tertiary/aromatic N) is 3. The first kappa shape index (κ1) is 21.5. The number of benzene rings is 1. The number of nitrogens with two attached hydrogens (primary N) is 1. The van der Waals surface area contributed by atoms with E-state index in [0.29, 0.717) is 19.6 Å². The van der Waals surface area contributed by atoms with Gasteiger partial charge in [-0.25, -0.2) is 4.98 Å². The van der Waals surface area contributed by atoms with E-state index in [1.807, 2.05) is 0 Å². The third-order valence-corrected chi connectivity index (χ3v) is 7.24. The monoisotopic (exact) mass is 460 g/mol. The third kappa shape index (κ3) is 3.29. The summed E-state index contributed by atoms with van der Waals surface area (Å²) in [6, 6.07) is 4.45. The molecule has 1 aliphatic carbocycles. The summed E-state index contributed by atoms with van der Waals surface area (Å²) in [7, 11) is 0. The molecule has 1 aromatic heterocycles. The van der Waals surface area contributed by atoms with Crippen molar-refractivity contribution in [2.75, 3.05) is 24.5 Å². The lowest BCUT2D eigenvalue weighted by Gasteiger charge is -2.28. The number of anilines is 1. The van der Waals surface area contributed by atoms with Crippen molar-refractivity contribution in [3.63, 3.8) is 0 Å². The van der Waals surface area contributed by atoms with E-state index in [9.17, 15) is 18.0 Å². The van der Waals surface area contributed by atoms with Gasteiger partial charge in [-0.1, -0.05) is 35.7 Å². The second-order valence-electron chi connectivity index (χ2n) is 8.11. The average Bonchev–Trinajstić information content (AvgIpc) is 3.21. The van der Waals surface area contributed by atoms with Crippen LogP contribution in [0.25, 0.3) is 5.69 Å². The number of halogens is 5. The standard InChI is InChI=1S/C20H21Cl2F3N4O/c1-11-27-17(28-8-12-4-3-7-19(12,9-26)10-28)15(20(23,24)25)18(30)29(11)14-6-2-5-13(21)16(14)22/h2,5-6,12H,3-4,7-10,26H2,1H3/t12-,19-/m0/s1. The van der Waals surface area contributed by atoms with Gasteiger partial charge in [-0.15, -0.1) is 0 Å². The van der Waals surface area contributed by atoms with Gasteiger partial charge in [0.25, 0.3) is 5.56 Å². The van der Waals surface area contributed by atoms with Crippen LogP contribution in [0.5, 0.6) is 0 Å². The van der Waals surface area contributed by atoms with Crippen LogP contribution in [0.3, 0.4) is 0 Å². The first-order valence-corrected chi connectivity index (χ1v) is 10.4. The maximum Gasteiger partial charge on any atom is 0.425 e. The zero-order valence-corrected chi connectivity index (χ0v) is 17.8. The summed E-state index contributed by atoms with van der Waals surface area (Å²) < 4.78 is 43.1. The normalized spacial score (nSPS) is 23.8. The van der Waals surface area contributed by atoms with Crippen molar-refractivity contribution in [3.05, 3.63) is 50.0 Å². The molecule has 0 bridgehead atoms. The molecule has 30 heavy (non-hydrogen) atoms. The number of aryl methyl sites for hydroxylation is 1. The Morgan fingerprint density at radius 3 is 2.70 bits per heavy atom. The highest BCUT2D eigenvalue weighted by Gasteiger charge is 2.51. The van der Waals surface area contributed by atoms with Crippen molar-refractivity contribution in [2.24, 2.45) is 17.1 Å². The molecule has 0 amide bonds. The molecule has 2 N–H and O–H groups in total. The average molecular weight is 461 g/mol. The van der Waals surface area contributed by atoms with Crippen LogP contribution < -0.4 is 16.2 Å². The molecular formula is C20H21Cl2F3N4O. The Balaban J connectivity index is 1.90. The van der Waals surface area contributed by atoms with E-state index in [4.69, 9.17) is 28.9 Å². The van der Waals surface area contributed by atoms with Crippen molar-refractivity contribution in [1.29, 1.82) is 0 Å². The number of hydrogen-bond donors (Lipinski definition) is 1. The number of aromatic nitrogens is 2. The van der Waals surface area contributed by atoms with E-state index >= 15 is 0 Å². The topological polar surface area (TPSA) is 64.2 Å². The highest BCUT2D eigenvalue weighted by molar-refractivity contribution is 6.43. The van der Waals surface area contributed by atoms with E-state index in [1.54, 1.807) is 4.90 Å². The van der Waals surface area contributed by atoms with Gasteiger partial charge < -0.3 is 10.6 Å². The molecule has 2 fully saturated rings. The zero-order valence-electron chi connectivity index (χ0n) is 16.3. The van der Waals surface area contributed by atoms with Gasteiger partial charge in [0.1, 0.15) is 11.6 Å². The smallest absolute Gasteiger partial charge is 0.355 e. The summed E-state index contributed by atoms with van der Waals surface area (Å²) in [6.07, 6.45) is -2.07. The van der Waals surface area contributed by atoms with Crippen molar-refractivity contribution >= 4 is 29.0 Å². The van der Waals surface area contributed by atoms with Gasteiger partial charge in [-0.05, 0) is 44.4 Å². The maximum absolute atomic E-state index is 14.1. The van der Waals surface area contributed by atoms with Gasteiger partial charge in [0.2, 0.25) is 0 Å². The van der Waals surface area contributed by atoms with Gasteiger partial charge in [0.05, 0.1) is 15.7 Å². The molecule has 1 saturated carbocycles. The van der Waals surface area contributed by atoms with E-state index < -0.39 is 17.3 Å². The molecule has 4 rings (SSSR count). The summed E-state index contributed by atoms with van der Waals surface area (Å²) in [4.78, 5) is 19.0. The van der Waals surface area contributed by atoms with Crippen molar-refractivity contribution < 1.29 is 13.2 Å². The largest absolute Gasteiger partial charge is 0.425 e. The van der Waals surface area contributed by atoms with E-state index in [1.165, 1.54) is 25.1 Å². The van der Waals surface area contributed by atoms with Crippen LogP contribution in [0.2, 0.25) is 10.0 Å². The molecule has 0 spiro atoms. The molecule has 5 nitrogen and oxygen atoms in total. The zero-order chi connectivity index (χ0) is 21.8. The van der Waals surface area contributed by atoms with Gasteiger partial charge in [0, 0.05) is 18.5 Å². The predicted molar refractivity (Wildman–Crippen MR) is 111 cm³/mol. The van der Waals surface area contributed by atoms with Crippen LogP contribution in [0.4, 0.5) is 19.0 Å². The summed E-state index contributed by atoms with van der Waals surface area (Å²) in [5.74, 6) is -0.0249. The molecule has 162 valence electrons. The number of rotatable bonds is 3. The van der Waals surface area contributed by atoms with E-state index in [0.717, 1.165) is 23.8 Å². The van der Waals surface area contributed by atoms with Crippen molar-refractivity contribution in [2.45, 2.75) is 32.4 Å². The highest BCUT2D eigenvalue weighted by Crippen LogP contribution is 2.49. The molecule has 2 aromatic rings. The lowest BCUT2D eigenvalue weighted by molar-refractivity contribution is -0.138. The van der Waals surface area contributed by atoms with Crippen LogP contribution in [-0.2, 0) is 6.18 Å². The fourth-order valence-electron chi connectivity index (χ4n) is 4.95. The highest BCUT2D eigenvalue weighted by atomic mass is 35.5. The molecule has 0 radical (unpaired) electrons. The van der Waals surface area contributed by atoms with Crippen LogP contribution in [0.15, 0.2) is 23.0 Å². The molecule has 10 heteroatoms. The Labute approximate surface area is 181 Å². The van der Waals surface area contributed by atoms with Gasteiger partial charge in [-0.3, -0.25) is 9.36 Å². The van der Waals surface area contributed by atoms with Crippen LogP contribution in [-0.4, -0.2) is 29.2 Å². The fraction of sp³-hybridized carbons (Fsp3) is 0.500. The molecule has 0 unspecified atom stereocenters. The molecule has 1 saturated heterocycles. The van der Waals surface area contributed by atoms with Crippen LogP contribution in [0, 0.1) is 18.3 Å². The van der Waals surface area contributed by atoms with Crippen molar-refractivity contribution in [3.8, 4) is 5.69 Å². The van der Waals surface area contributed by atoms with Crippen LogP contribution >= 0.6 is 23.2 Å². The van der Waals surface area contributed by atoms with Crippen molar-refractivity contribution in [1.82, 2.24) is 9.55 Å². The molecule has 2 aliphatic rings. The Morgan fingerprint density at radius 2 is 2.07 bits per heavy atom. The molecular weight excluding hydrogens is 440 g/mol. The second kappa shape index (κ2) is 7.43. The Hall–Kier alpha value is -1.77. The summed E-state index contributed by atoms with van der Waals surface area (Å²) in [5.41, 5.74) is 3.34. The summed E-state index contributed by atoms with van der Waals surface area (Å²) in [6.45, 7) is 2.67. The number of fused-ring (bicyclic) bond motifs is 1. The quantitative estimate of drug-likeness (QED) is 0.735. The lowest BCUT2D eigenvalue weighted by atomic mass is 9.81. The molecule has 1 aromatic carbocycles. The Kier molecular flexibility index (Phi) is 5.31. The van der Waals surface area contributed by atoms with Gasteiger partial charge >= 0.3 is 6.18 Å². The SMILES string of the molecule is Cc1nc(N2C[C@@H]3CCC[C@]3(CN)C2)c(C(F)(F)F)c(=O)n1-c1cccc(Cl)c1Cl. The lowest BCUT2D eigenvalue weighted by Crippen LogP contribution is -2.38. The summed E-state index contributed by atoms with van der Waals surface area (Å²) >= 11 is 12.2. The predicted octanol–water partition coefficient (Wildman–Crippen LogP) is 4.43. The minimum atomic E-state index is -4.88. The third-order valence-electron chi connectivity index (χ3n) is 6.43.